The molecule has 0 saturated heterocycles. The Labute approximate surface area is 184 Å². The molecule has 6 nitrogen and oxygen atoms in total. The van der Waals surface area contributed by atoms with Gasteiger partial charge in [0.2, 0.25) is 5.91 Å². The van der Waals surface area contributed by atoms with Crippen molar-refractivity contribution < 1.29 is 4.79 Å². The van der Waals surface area contributed by atoms with E-state index in [0.717, 1.165) is 42.6 Å². The van der Waals surface area contributed by atoms with Crippen LogP contribution in [0.5, 0.6) is 0 Å². The predicted molar refractivity (Wildman–Crippen MR) is 121 cm³/mol. The summed E-state index contributed by atoms with van der Waals surface area (Å²) in [6.07, 6.45) is 4.21. The summed E-state index contributed by atoms with van der Waals surface area (Å²) < 4.78 is 1.89. The van der Waals surface area contributed by atoms with E-state index in [1.165, 1.54) is 16.6 Å². The molecule has 0 fully saturated rings. The Morgan fingerprint density at radius 2 is 2.17 bits per heavy atom. The number of fused-ring (bicyclic) bond motifs is 1. The van der Waals surface area contributed by atoms with Crippen LogP contribution in [0.4, 0.5) is 5.00 Å². The third-order valence-electron chi connectivity index (χ3n) is 5.51. The topological polar surface area (TPSA) is 83.6 Å². The molecule has 1 aromatic carbocycles. The number of aromatic nitrogens is 3. The van der Waals surface area contributed by atoms with E-state index in [4.69, 9.17) is 0 Å². The minimum absolute atomic E-state index is 0.133. The van der Waals surface area contributed by atoms with Crippen LogP contribution in [0.2, 0.25) is 0 Å². The van der Waals surface area contributed by atoms with E-state index in [2.05, 4.69) is 28.5 Å². The predicted octanol–water partition coefficient (Wildman–Crippen LogP) is 4.66. The highest BCUT2D eigenvalue weighted by atomic mass is 32.2. The molecular weight excluding hydrogens is 414 g/mol. The van der Waals surface area contributed by atoms with Crippen molar-refractivity contribution in [3.8, 4) is 17.5 Å². The van der Waals surface area contributed by atoms with Crippen LogP contribution in [-0.2, 0) is 24.7 Å². The molecule has 1 unspecified atom stereocenters. The Morgan fingerprint density at radius 3 is 2.90 bits per heavy atom. The molecule has 154 valence electrons. The zero-order valence-electron chi connectivity index (χ0n) is 17.0. The Bertz CT molecular complexity index is 1100. The first kappa shape index (κ1) is 20.6. The quantitative estimate of drug-likeness (QED) is 0.567. The first-order chi connectivity index (χ1) is 14.6. The van der Waals surface area contributed by atoms with Crippen LogP contribution in [0.3, 0.4) is 0 Å². The molecule has 0 radical (unpaired) electrons. The third-order valence-corrected chi connectivity index (χ3v) is 7.70. The molecule has 3 aromatic rings. The lowest BCUT2D eigenvalue weighted by molar-refractivity contribution is -0.113. The van der Waals surface area contributed by atoms with Gasteiger partial charge in [-0.3, -0.25) is 4.79 Å². The van der Waals surface area contributed by atoms with Gasteiger partial charge in [-0.15, -0.1) is 21.5 Å². The maximum Gasteiger partial charge on any atom is 0.235 e. The highest BCUT2D eigenvalue weighted by Gasteiger charge is 2.25. The van der Waals surface area contributed by atoms with Crippen molar-refractivity contribution in [2.24, 2.45) is 13.0 Å². The second-order valence-corrected chi connectivity index (χ2v) is 9.45. The van der Waals surface area contributed by atoms with Crippen molar-refractivity contribution >= 4 is 34.0 Å². The van der Waals surface area contributed by atoms with E-state index in [9.17, 15) is 10.1 Å². The number of nitrogens with zero attached hydrogens (tertiary/aromatic N) is 4. The van der Waals surface area contributed by atoms with Crippen molar-refractivity contribution in [1.29, 1.82) is 5.26 Å². The maximum absolute atomic E-state index is 12.6. The van der Waals surface area contributed by atoms with Gasteiger partial charge in [0.05, 0.1) is 11.3 Å². The summed E-state index contributed by atoms with van der Waals surface area (Å²) in [6.45, 7) is 2.21. The van der Waals surface area contributed by atoms with Gasteiger partial charge in [-0.1, -0.05) is 55.4 Å². The maximum atomic E-state index is 12.6. The summed E-state index contributed by atoms with van der Waals surface area (Å²) in [5.74, 6) is 1.52. The van der Waals surface area contributed by atoms with E-state index in [-0.39, 0.29) is 11.7 Å². The molecule has 1 N–H and O–H groups in total. The summed E-state index contributed by atoms with van der Waals surface area (Å²) in [5.41, 5.74) is 2.76. The van der Waals surface area contributed by atoms with Crippen LogP contribution >= 0.6 is 23.1 Å². The summed E-state index contributed by atoms with van der Waals surface area (Å²) in [4.78, 5) is 13.8. The van der Waals surface area contributed by atoms with Crippen LogP contribution in [-0.4, -0.2) is 26.4 Å². The number of thioether (sulfide) groups is 1. The molecule has 0 spiro atoms. The van der Waals surface area contributed by atoms with E-state index < -0.39 is 0 Å². The highest BCUT2D eigenvalue weighted by molar-refractivity contribution is 7.99. The lowest BCUT2D eigenvalue weighted by atomic mass is 9.86. The largest absolute Gasteiger partial charge is 0.316 e. The number of anilines is 1. The molecule has 0 bridgehead atoms. The number of thiophene rings is 1. The third kappa shape index (κ3) is 4.13. The monoisotopic (exact) mass is 437 g/mol. The van der Waals surface area contributed by atoms with Gasteiger partial charge in [0.1, 0.15) is 11.1 Å². The summed E-state index contributed by atoms with van der Waals surface area (Å²) in [5, 5.41) is 22.4. The number of hydrogen-bond acceptors (Lipinski definition) is 6. The number of amides is 1. The van der Waals surface area contributed by atoms with Crippen LogP contribution in [0.15, 0.2) is 35.5 Å². The van der Waals surface area contributed by atoms with Crippen LogP contribution in [0.1, 0.15) is 35.8 Å². The number of carbonyl (C=O) groups excluding carboxylic acids is 1. The van der Waals surface area contributed by atoms with Gasteiger partial charge >= 0.3 is 0 Å². The van der Waals surface area contributed by atoms with Gasteiger partial charge in [-0.2, -0.15) is 5.26 Å². The summed E-state index contributed by atoms with van der Waals surface area (Å²) >= 11 is 2.90. The van der Waals surface area contributed by atoms with Gasteiger partial charge in [0.25, 0.3) is 0 Å². The molecule has 1 atom stereocenters. The van der Waals surface area contributed by atoms with Crippen molar-refractivity contribution in [2.45, 2.75) is 37.8 Å². The Kier molecular flexibility index (Phi) is 6.21. The molecule has 8 heteroatoms. The Balaban J connectivity index is 1.42. The van der Waals surface area contributed by atoms with Crippen LogP contribution in [0, 0.1) is 17.2 Å². The standard InChI is InChI=1S/C22H23N5OS2/c1-3-14-9-10-16-17(12-23)21(30-18(16)11-14)24-19(28)13-29-22-26-25-20(27(22)2)15-7-5-4-6-8-15/h4-8,14H,3,9-11,13H2,1-2H3,(H,24,28). The summed E-state index contributed by atoms with van der Waals surface area (Å²) in [7, 11) is 1.90. The zero-order chi connectivity index (χ0) is 21.1. The van der Waals surface area contributed by atoms with Gasteiger partial charge < -0.3 is 9.88 Å². The van der Waals surface area contributed by atoms with Gasteiger partial charge in [0.15, 0.2) is 11.0 Å². The fourth-order valence-electron chi connectivity index (χ4n) is 3.78. The smallest absolute Gasteiger partial charge is 0.235 e. The number of carbonyl (C=O) groups is 1. The van der Waals surface area contributed by atoms with Gasteiger partial charge in [0, 0.05) is 17.5 Å². The van der Waals surface area contributed by atoms with Crippen molar-refractivity contribution in [2.75, 3.05) is 11.1 Å². The van der Waals surface area contributed by atoms with Crippen molar-refractivity contribution in [3.05, 3.63) is 46.3 Å². The molecule has 2 aromatic heterocycles. The molecule has 1 amide bonds. The minimum Gasteiger partial charge on any atom is -0.316 e. The van der Waals surface area contributed by atoms with Gasteiger partial charge in [-0.05, 0) is 30.7 Å². The average molecular weight is 438 g/mol. The molecule has 0 aliphatic heterocycles. The minimum atomic E-state index is -0.133. The fraction of sp³-hybridized carbons (Fsp3) is 0.364. The molecular formula is C22H23N5OS2. The number of benzene rings is 1. The number of nitrogens with one attached hydrogen (secondary N) is 1. The first-order valence-corrected chi connectivity index (χ1v) is 11.8. The highest BCUT2D eigenvalue weighted by Crippen LogP contribution is 2.40. The van der Waals surface area contributed by atoms with E-state index in [1.807, 2.05) is 41.9 Å². The number of rotatable bonds is 6. The second kappa shape index (κ2) is 9.02. The van der Waals surface area contributed by atoms with E-state index in [1.54, 1.807) is 11.3 Å². The lowest BCUT2D eigenvalue weighted by Gasteiger charge is -2.20. The number of hydrogen-bond donors (Lipinski definition) is 1. The summed E-state index contributed by atoms with van der Waals surface area (Å²) in [6, 6.07) is 12.1. The van der Waals surface area contributed by atoms with Crippen molar-refractivity contribution in [3.63, 3.8) is 0 Å². The van der Waals surface area contributed by atoms with Crippen LogP contribution in [0.25, 0.3) is 11.4 Å². The normalized spacial score (nSPS) is 15.4. The molecule has 4 rings (SSSR count). The average Bonchev–Trinajstić information content (AvgIpc) is 3.31. The SMILES string of the molecule is CCC1CCc2c(sc(NC(=O)CSc3nnc(-c4ccccc4)n3C)c2C#N)C1. The Morgan fingerprint density at radius 1 is 1.37 bits per heavy atom. The molecule has 2 heterocycles. The second-order valence-electron chi connectivity index (χ2n) is 7.40. The molecule has 1 aliphatic carbocycles. The van der Waals surface area contributed by atoms with E-state index >= 15 is 0 Å². The fourth-order valence-corrected chi connectivity index (χ4v) is 5.82. The molecule has 0 saturated carbocycles. The Hall–Kier alpha value is -2.63. The van der Waals surface area contributed by atoms with Crippen LogP contribution < -0.4 is 5.32 Å². The lowest BCUT2D eigenvalue weighted by Crippen LogP contribution is -2.14. The molecule has 1 aliphatic rings. The van der Waals surface area contributed by atoms with Crippen molar-refractivity contribution in [1.82, 2.24) is 14.8 Å². The van der Waals surface area contributed by atoms with Gasteiger partial charge in [-0.25, -0.2) is 0 Å². The molecule has 30 heavy (non-hydrogen) atoms. The van der Waals surface area contributed by atoms with E-state index in [0.29, 0.717) is 21.6 Å². The zero-order valence-corrected chi connectivity index (χ0v) is 18.6. The number of nitriles is 1. The first-order valence-electron chi connectivity index (χ1n) is 10.0.